The van der Waals surface area contributed by atoms with Gasteiger partial charge in [-0.25, -0.2) is 4.68 Å². The number of nitrogens with zero attached hydrogens (tertiary/aromatic N) is 6. The van der Waals surface area contributed by atoms with E-state index in [0.29, 0.717) is 37.6 Å². The van der Waals surface area contributed by atoms with Gasteiger partial charge in [0.1, 0.15) is 0 Å². The normalized spacial score (nSPS) is 20.4. The molecule has 2 aliphatic heterocycles. The van der Waals surface area contributed by atoms with Crippen LogP contribution >= 0.6 is 0 Å². The third-order valence-electron chi connectivity index (χ3n) is 5.18. The van der Waals surface area contributed by atoms with Gasteiger partial charge < -0.3 is 9.80 Å². The summed E-state index contributed by atoms with van der Waals surface area (Å²) in [4.78, 5) is 29.2. The molecule has 0 radical (unpaired) electrons. The van der Waals surface area contributed by atoms with E-state index >= 15 is 0 Å². The lowest BCUT2D eigenvalue weighted by Crippen LogP contribution is -2.51. The van der Waals surface area contributed by atoms with Crippen LogP contribution in [0.15, 0.2) is 30.3 Å². The lowest BCUT2D eigenvalue weighted by molar-refractivity contribution is -0.134. The molecule has 2 aliphatic rings. The van der Waals surface area contributed by atoms with Crippen molar-refractivity contribution in [2.45, 2.75) is 31.7 Å². The van der Waals surface area contributed by atoms with Crippen LogP contribution < -0.4 is 0 Å². The van der Waals surface area contributed by atoms with Gasteiger partial charge in [0.05, 0.1) is 5.92 Å². The number of benzene rings is 1. The van der Waals surface area contributed by atoms with Crippen molar-refractivity contribution in [3.63, 3.8) is 0 Å². The number of carbonyl (C=O) groups is 2. The molecule has 1 aromatic heterocycles. The SMILES string of the molecule is O=C(c1ccccc1)N1CCN(C(=O)[C@H]2CCCCn3nnnc32)CC1. The van der Waals surface area contributed by atoms with Crippen LogP contribution in [0.3, 0.4) is 0 Å². The fourth-order valence-electron chi connectivity index (χ4n) is 3.71. The summed E-state index contributed by atoms with van der Waals surface area (Å²) in [6.07, 6.45) is 2.75. The summed E-state index contributed by atoms with van der Waals surface area (Å²) in [5.41, 5.74) is 0.690. The molecule has 1 fully saturated rings. The van der Waals surface area contributed by atoms with Crippen molar-refractivity contribution in [3.05, 3.63) is 41.7 Å². The van der Waals surface area contributed by atoms with Crippen LogP contribution in [0.2, 0.25) is 0 Å². The van der Waals surface area contributed by atoms with Gasteiger partial charge >= 0.3 is 0 Å². The van der Waals surface area contributed by atoms with Crippen molar-refractivity contribution >= 4 is 11.8 Å². The molecule has 136 valence electrons. The molecule has 0 spiro atoms. The number of aromatic nitrogens is 4. The largest absolute Gasteiger partial charge is 0.339 e. The topological polar surface area (TPSA) is 84.2 Å². The minimum atomic E-state index is -0.274. The quantitative estimate of drug-likeness (QED) is 0.801. The smallest absolute Gasteiger partial charge is 0.253 e. The molecule has 0 saturated carbocycles. The van der Waals surface area contributed by atoms with E-state index in [1.807, 2.05) is 40.1 Å². The van der Waals surface area contributed by atoms with Crippen LogP contribution in [-0.4, -0.2) is 68.0 Å². The zero-order chi connectivity index (χ0) is 17.9. The number of piperazine rings is 1. The van der Waals surface area contributed by atoms with E-state index in [0.717, 1.165) is 25.8 Å². The Hall–Kier alpha value is -2.77. The molecular formula is C18H22N6O2. The van der Waals surface area contributed by atoms with Gasteiger partial charge in [-0.15, -0.1) is 5.10 Å². The minimum Gasteiger partial charge on any atom is -0.339 e. The first-order valence-electron chi connectivity index (χ1n) is 9.13. The number of fused-ring (bicyclic) bond motifs is 1. The second-order valence-corrected chi connectivity index (χ2v) is 6.79. The summed E-state index contributed by atoms with van der Waals surface area (Å²) < 4.78 is 1.75. The van der Waals surface area contributed by atoms with Gasteiger partial charge in [0.2, 0.25) is 5.91 Å². The third kappa shape index (κ3) is 3.18. The molecule has 2 aromatic rings. The summed E-state index contributed by atoms with van der Waals surface area (Å²) in [7, 11) is 0. The molecule has 26 heavy (non-hydrogen) atoms. The first kappa shape index (κ1) is 16.7. The molecule has 0 N–H and O–H groups in total. The van der Waals surface area contributed by atoms with E-state index in [9.17, 15) is 9.59 Å². The Morgan fingerprint density at radius 1 is 0.923 bits per heavy atom. The number of hydrogen-bond acceptors (Lipinski definition) is 5. The number of rotatable bonds is 2. The molecule has 4 rings (SSSR count). The second kappa shape index (κ2) is 7.23. The first-order valence-corrected chi connectivity index (χ1v) is 9.13. The molecular weight excluding hydrogens is 332 g/mol. The molecule has 0 aliphatic carbocycles. The maximum Gasteiger partial charge on any atom is 0.253 e. The zero-order valence-electron chi connectivity index (χ0n) is 14.6. The Kier molecular flexibility index (Phi) is 4.64. The van der Waals surface area contributed by atoms with Gasteiger partial charge in [-0.2, -0.15) is 0 Å². The van der Waals surface area contributed by atoms with Crippen molar-refractivity contribution in [3.8, 4) is 0 Å². The van der Waals surface area contributed by atoms with Gasteiger partial charge in [-0.05, 0) is 35.4 Å². The summed E-state index contributed by atoms with van der Waals surface area (Å²) in [5.74, 6) is 0.505. The van der Waals surface area contributed by atoms with E-state index in [2.05, 4.69) is 15.5 Å². The number of carbonyl (C=O) groups excluding carboxylic acids is 2. The molecule has 1 saturated heterocycles. The van der Waals surface area contributed by atoms with Crippen LogP contribution in [-0.2, 0) is 11.3 Å². The van der Waals surface area contributed by atoms with Gasteiger partial charge in [0.15, 0.2) is 5.82 Å². The third-order valence-corrected chi connectivity index (χ3v) is 5.18. The van der Waals surface area contributed by atoms with Gasteiger partial charge in [0, 0.05) is 38.3 Å². The van der Waals surface area contributed by atoms with Gasteiger partial charge in [-0.3, -0.25) is 9.59 Å². The number of aryl methyl sites for hydroxylation is 1. The average Bonchev–Trinajstić information content (AvgIpc) is 3.07. The Balaban J connectivity index is 1.41. The molecule has 2 amide bonds. The Morgan fingerprint density at radius 2 is 1.65 bits per heavy atom. The second-order valence-electron chi connectivity index (χ2n) is 6.79. The maximum atomic E-state index is 13.0. The van der Waals surface area contributed by atoms with Crippen molar-refractivity contribution in [1.29, 1.82) is 0 Å². The fraction of sp³-hybridized carbons (Fsp3) is 0.500. The van der Waals surface area contributed by atoms with E-state index in [-0.39, 0.29) is 17.7 Å². The molecule has 8 nitrogen and oxygen atoms in total. The van der Waals surface area contributed by atoms with Crippen molar-refractivity contribution < 1.29 is 9.59 Å². The van der Waals surface area contributed by atoms with Gasteiger partial charge in [-0.1, -0.05) is 24.6 Å². The van der Waals surface area contributed by atoms with Crippen LogP contribution in [0.25, 0.3) is 0 Å². The van der Waals surface area contributed by atoms with Crippen LogP contribution in [0.5, 0.6) is 0 Å². The fourth-order valence-corrected chi connectivity index (χ4v) is 3.71. The maximum absolute atomic E-state index is 13.0. The molecule has 8 heteroatoms. The summed E-state index contributed by atoms with van der Waals surface area (Å²) in [6.45, 7) is 2.98. The average molecular weight is 354 g/mol. The lowest BCUT2D eigenvalue weighted by atomic mass is 10.0. The van der Waals surface area contributed by atoms with Crippen LogP contribution in [0, 0.1) is 0 Å². The van der Waals surface area contributed by atoms with E-state index < -0.39 is 0 Å². The molecule has 1 atom stereocenters. The predicted octanol–water partition coefficient (Wildman–Crippen LogP) is 0.925. The number of amides is 2. The summed E-state index contributed by atoms with van der Waals surface area (Å²) in [6, 6.07) is 9.27. The predicted molar refractivity (Wildman–Crippen MR) is 93.3 cm³/mol. The zero-order valence-corrected chi connectivity index (χ0v) is 14.6. The highest BCUT2D eigenvalue weighted by atomic mass is 16.2. The van der Waals surface area contributed by atoms with E-state index in [1.165, 1.54) is 0 Å². The van der Waals surface area contributed by atoms with Crippen molar-refractivity contribution in [2.24, 2.45) is 0 Å². The highest BCUT2D eigenvalue weighted by Crippen LogP contribution is 2.26. The molecule has 1 aromatic carbocycles. The summed E-state index contributed by atoms with van der Waals surface area (Å²) >= 11 is 0. The Labute approximate surface area is 151 Å². The Bertz CT molecular complexity index is 782. The lowest BCUT2D eigenvalue weighted by Gasteiger charge is -2.36. The highest BCUT2D eigenvalue weighted by Gasteiger charge is 2.33. The highest BCUT2D eigenvalue weighted by molar-refractivity contribution is 5.94. The van der Waals surface area contributed by atoms with E-state index in [1.54, 1.807) is 4.68 Å². The number of tetrazole rings is 1. The first-order chi connectivity index (χ1) is 12.7. The molecule has 0 bridgehead atoms. The van der Waals surface area contributed by atoms with Gasteiger partial charge in [0.25, 0.3) is 5.91 Å². The molecule has 0 unspecified atom stereocenters. The monoisotopic (exact) mass is 354 g/mol. The minimum absolute atomic E-state index is 0.0242. The van der Waals surface area contributed by atoms with Crippen molar-refractivity contribution in [2.75, 3.05) is 26.2 Å². The molecule has 3 heterocycles. The van der Waals surface area contributed by atoms with E-state index in [4.69, 9.17) is 0 Å². The summed E-state index contributed by atoms with van der Waals surface area (Å²) in [5, 5.41) is 11.8. The van der Waals surface area contributed by atoms with Crippen LogP contribution in [0.1, 0.15) is 41.4 Å². The Morgan fingerprint density at radius 3 is 2.42 bits per heavy atom. The van der Waals surface area contributed by atoms with Crippen LogP contribution in [0.4, 0.5) is 0 Å². The standard InChI is InChI=1S/C18H22N6O2/c25-17(14-6-2-1-3-7-14)22-10-12-23(13-11-22)18(26)15-8-4-5-9-24-16(15)19-20-21-24/h1-3,6-7,15H,4-5,8-13H2/t15-/m0/s1. The number of hydrogen-bond donors (Lipinski definition) is 0. The van der Waals surface area contributed by atoms with Crippen molar-refractivity contribution in [1.82, 2.24) is 30.0 Å².